The molecular weight excluding hydrogens is 295 g/mol. The van der Waals surface area contributed by atoms with Crippen LogP contribution >= 0.6 is 0 Å². The van der Waals surface area contributed by atoms with Gasteiger partial charge in [0, 0.05) is 6.42 Å². The van der Waals surface area contributed by atoms with Gasteiger partial charge >= 0.3 is 80.8 Å². The SMILES string of the molecule is CNC(CCC(=O)O)C(=O)O.[CH3-].[Cs+]. The van der Waals surface area contributed by atoms with Crippen LogP contribution in [0.15, 0.2) is 0 Å². The largest absolute Gasteiger partial charge is 1.00 e. The third kappa shape index (κ3) is 10.9. The minimum Gasteiger partial charge on any atom is -0.481 e. The van der Waals surface area contributed by atoms with Crippen LogP contribution in [0.5, 0.6) is 0 Å². The number of carboxylic acids is 2. The van der Waals surface area contributed by atoms with Gasteiger partial charge in [-0.3, -0.25) is 9.59 Å². The molecule has 0 fully saturated rings. The molecule has 5 nitrogen and oxygen atoms in total. The third-order valence-corrected chi connectivity index (χ3v) is 1.29. The first-order valence-electron chi connectivity index (χ1n) is 3.19. The van der Waals surface area contributed by atoms with Gasteiger partial charge in [-0.1, -0.05) is 0 Å². The molecule has 0 rings (SSSR count). The average molecular weight is 309 g/mol. The third-order valence-electron chi connectivity index (χ3n) is 1.29. The number of rotatable bonds is 5. The number of likely N-dealkylation sites (N-methyl/N-ethyl adjacent to an activating group) is 1. The Hall–Kier alpha value is 0.952. The molecule has 0 aromatic carbocycles. The topological polar surface area (TPSA) is 86.6 Å². The molecule has 0 aliphatic heterocycles. The van der Waals surface area contributed by atoms with Gasteiger partial charge in [0.1, 0.15) is 6.04 Å². The number of carboxylic acid groups (broad SMARTS) is 2. The zero-order chi connectivity index (χ0) is 8.85. The van der Waals surface area contributed by atoms with E-state index < -0.39 is 18.0 Å². The maximum atomic E-state index is 10.3. The minimum atomic E-state index is -1.02. The van der Waals surface area contributed by atoms with Crippen LogP contribution in [0.4, 0.5) is 0 Å². The average Bonchev–Trinajstić information content (AvgIpc) is 1.87. The molecule has 1 unspecified atom stereocenters. The van der Waals surface area contributed by atoms with Crippen LogP contribution in [0.1, 0.15) is 12.8 Å². The van der Waals surface area contributed by atoms with Crippen molar-refractivity contribution >= 4 is 11.9 Å². The predicted octanol–water partition coefficient (Wildman–Crippen LogP) is -3.02. The molecule has 0 saturated heterocycles. The number of hydrogen-bond donors (Lipinski definition) is 3. The quantitative estimate of drug-likeness (QED) is 0.471. The normalized spacial score (nSPS) is 10.5. The first kappa shape index (κ1) is 19.5. The van der Waals surface area contributed by atoms with E-state index >= 15 is 0 Å². The van der Waals surface area contributed by atoms with E-state index in [1.165, 1.54) is 7.05 Å². The zero-order valence-electron chi connectivity index (χ0n) is 8.20. The molecule has 0 aliphatic rings. The Kier molecular flexibility index (Phi) is 16.6. The molecule has 0 saturated carbocycles. The Bertz CT molecular complexity index is 163. The van der Waals surface area contributed by atoms with Gasteiger partial charge in [0.05, 0.1) is 0 Å². The number of hydrogen-bond acceptors (Lipinski definition) is 3. The van der Waals surface area contributed by atoms with E-state index in [0.717, 1.165) is 0 Å². The first-order valence-corrected chi connectivity index (χ1v) is 3.19. The van der Waals surface area contributed by atoms with Crippen molar-refractivity contribution < 1.29 is 88.7 Å². The van der Waals surface area contributed by atoms with Gasteiger partial charge in [-0.05, 0) is 13.5 Å². The molecule has 0 aromatic heterocycles. The summed E-state index contributed by atoms with van der Waals surface area (Å²) < 4.78 is 0. The summed E-state index contributed by atoms with van der Waals surface area (Å²) in [6, 6.07) is -0.758. The van der Waals surface area contributed by atoms with Gasteiger partial charge in [0.15, 0.2) is 0 Å². The van der Waals surface area contributed by atoms with Gasteiger partial charge in [0.2, 0.25) is 0 Å². The summed E-state index contributed by atoms with van der Waals surface area (Å²) in [4.78, 5) is 20.3. The van der Waals surface area contributed by atoms with E-state index in [1.54, 1.807) is 0 Å². The minimum absolute atomic E-state index is 0. The fraction of sp³-hybridized carbons (Fsp3) is 0.571. The van der Waals surface area contributed by atoms with Crippen LogP contribution in [0, 0.1) is 7.43 Å². The van der Waals surface area contributed by atoms with Crippen LogP contribution < -0.4 is 74.2 Å². The standard InChI is InChI=1S/C6H11NO4.CH3.Cs/c1-7-4(6(10)11)2-3-5(8)9;;/h4,7H,2-3H2,1H3,(H,8,9)(H,10,11);1H3;/q;-1;+1. The maximum absolute atomic E-state index is 10.3. The monoisotopic (exact) mass is 309 g/mol. The van der Waals surface area contributed by atoms with Crippen molar-refractivity contribution in [3.8, 4) is 0 Å². The van der Waals surface area contributed by atoms with E-state index in [4.69, 9.17) is 10.2 Å². The van der Waals surface area contributed by atoms with Crippen molar-refractivity contribution in [1.29, 1.82) is 0 Å². The Morgan fingerprint density at radius 3 is 2.08 bits per heavy atom. The van der Waals surface area contributed by atoms with Gasteiger partial charge < -0.3 is 23.0 Å². The Morgan fingerprint density at radius 2 is 1.85 bits per heavy atom. The van der Waals surface area contributed by atoms with Crippen LogP contribution in [-0.4, -0.2) is 35.2 Å². The molecular formula is C7H14CsNO4. The Labute approximate surface area is 137 Å². The molecule has 3 N–H and O–H groups in total. The second kappa shape index (κ2) is 11.0. The summed E-state index contributed by atoms with van der Waals surface area (Å²) >= 11 is 0. The molecule has 0 heterocycles. The summed E-state index contributed by atoms with van der Waals surface area (Å²) in [5.41, 5.74) is 0. The molecule has 13 heavy (non-hydrogen) atoms. The molecule has 0 aliphatic carbocycles. The molecule has 0 radical (unpaired) electrons. The second-order valence-electron chi connectivity index (χ2n) is 2.11. The molecule has 6 heteroatoms. The van der Waals surface area contributed by atoms with E-state index in [2.05, 4.69) is 5.32 Å². The molecule has 0 spiro atoms. The molecule has 72 valence electrons. The molecule has 1 atom stereocenters. The number of aliphatic carboxylic acids is 2. The number of carbonyl (C=O) groups is 2. The van der Waals surface area contributed by atoms with Crippen molar-refractivity contribution in [1.82, 2.24) is 5.32 Å². The van der Waals surface area contributed by atoms with E-state index in [1.807, 2.05) is 0 Å². The molecule has 0 aromatic rings. The smallest absolute Gasteiger partial charge is 0.481 e. The fourth-order valence-corrected chi connectivity index (χ4v) is 0.659. The van der Waals surface area contributed by atoms with Crippen molar-refractivity contribution in [3.05, 3.63) is 7.43 Å². The Balaban J connectivity index is -0.000000500. The summed E-state index contributed by atoms with van der Waals surface area (Å²) in [5, 5.41) is 19.1. The summed E-state index contributed by atoms with van der Waals surface area (Å²) in [7, 11) is 1.49. The van der Waals surface area contributed by atoms with Crippen molar-refractivity contribution in [3.63, 3.8) is 0 Å². The van der Waals surface area contributed by atoms with Crippen LogP contribution in [0.3, 0.4) is 0 Å². The van der Waals surface area contributed by atoms with E-state index in [-0.39, 0.29) is 89.2 Å². The van der Waals surface area contributed by atoms with Crippen LogP contribution in [-0.2, 0) is 9.59 Å². The molecule has 0 amide bonds. The van der Waals surface area contributed by atoms with Crippen molar-refractivity contribution in [2.75, 3.05) is 7.05 Å². The Morgan fingerprint density at radius 1 is 1.38 bits per heavy atom. The van der Waals surface area contributed by atoms with Gasteiger partial charge in [0.25, 0.3) is 0 Å². The van der Waals surface area contributed by atoms with Gasteiger partial charge in [-0.15, -0.1) is 0 Å². The van der Waals surface area contributed by atoms with Gasteiger partial charge in [-0.2, -0.15) is 0 Å². The number of nitrogens with one attached hydrogen (secondary N) is 1. The summed E-state index contributed by atoms with van der Waals surface area (Å²) in [6.45, 7) is 0. The van der Waals surface area contributed by atoms with Crippen LogP contribution in [0.2, 0.25) is 0 Å². The maximum Gasteiger partial charge on any atom is 1.00 e. The second-order valence-corrected chi connectivity index (χ2v) is 2.11. The van der Waals surface area contributed by atoms with E-state index in [0.29, 0.717) is 0 Å². The summed E-state index contributed by atoms with van der Waals surface area (Å²) in [6.07, 6.45) is -0.0149. The molecule has 0 bridgehead atoms. The predicted molar refractivity (Wildman–Crippen MR) is 43.8 cm³/mol. The van der Waals surface area contributed by atoms with E-state index in [9.17, 15) is 9.59 Å². The van der Waals surface area contributed by atoms with Crippen molar-refractivity contribution in [2.24, 2.45) is 0 Å². The van der Waals surface area contributed by atoms with Gasteiger partial charge in [-0.25, -0.2) is 0 Å². The fourth-order valence-electron chi connectivity index (χ4n) is 0.659. The summed E-state index contributed by atoms with van der Waals surface area (Å²) in [5.74, 6) is -2.00. The van der Waals surface area contributed by atoms with Crippen molar-refractivity contribution in [2.45, 2.75) is 18.9 Å². The first-order chi connectivity index (χ1) is 5.07. The zero-order valence-corrected chi connectivity index (χ0v) is 14.5. The van der Waals surface area contributed by atoms with Crippen LogP contribution in [0.25, 0.3) is 0 Å².